The van der Waals surface area contributed by atoms with Crippen molar-refractivity contribution in [2.24, 2.45) is 0 Å². The van der Waals surface area contributed by atoms with Gasteiger partial charge in [0, 0.05) is 28.2 Å². The zero-order valence-corrected chi connectivity index (χ0v) is 13.5. The molecule has 2 aromatic rings. The molecule has 0 aliphatic rings. The molecule has 1 unspecified atom stereocenters. The molecule has 0 radical (unpaired) electrons. The van der Waals surface area contributed by atoms with Crippen molar-refractivity contribution in [2.75, 3.05) is 0 Å². The summed E-state index contributed by atoms with van der Waals surface area (Å²) >= 11 is 3.53. The third-order valence-corrected chi connectivity index (χ3v) is 4.19. The van der Waals surface area contributed by atoms with Crippen LogP contribution in [0.3, 0.4) is 0 Å². The normalized spacial score (nSPS) is 13.7. The minimum absolute atomic E-state index is 0.0791. The molecule has 0 saturated heterocycles. The largest absolute Gasteiger partial charge is 0.303 e. The maximum atomic E-state index is 11.1. The third kappa shape index (κ3) is 3.68. The Morgan fingerprint density at radius 2 is 1.52 bits per heavy atom. The van der Waals surface area contributed by atoms with Gasteiger partial charge in [0.25, 0.3) is 5.69 Å². The second-order valence-electron chi connectivity index (χ2n) is 4.95. The molecule has 2 aromatic carbocycles. The fourth-order valence-corrected chi connectivity index (χ4v) is 3.03. The lowest BCUT2D eigenvalue weighted by Crippen LogP contribution is -2.23. The number of hydrogen-bond acceptors (Lipinski definition) is 3. The highest BCUT2D eigenvalue weighted by Crippen LogP contribution is 2.29. The van der Waals surface area contributed by atoms with Crippen LogP contribution >= 0.6 is 15.9 Å². The monoisotopic (exact) mass is 348 g/mol. The number of nitrogens with zero attached hydrogens (tertiary/aromatic N) is 1. The van der Waals surface area contributed by atoms with Crippen LogP contribution in [-0.2, 0) is 0 Å². The van der Waals surface area contributed by atoms with E-state index in [-0.39, 0.29) is 22.7 Å². The maximum absolute atomic E-state index is 11.1. The van der Waals surface area contributed by atoms with Crippen molar-refractivity contribution in [3.8, 4) is 0 Å². The second kappa shape index (κ2) is 6.83. The van der Waals surface area contributed by atoms with E-state index in [2.05, 4.69) is 21.2 Å². The Morgan fingerprint density at radius 3 is 2.14 bits per heavy atom. The zero-order valence-electron chi connectivity index (χ0n) is 11.9. The van der Waals surface area contributed by atoms with Gasteiger partial charge in [0.1, 0.15) is 0 Å². The van der Waals surface area contributed by atoms with Crippen molar-refractivity contribution in [2.45, 2.75) is 25.9 Å². The summed E-state index contributed by atoms with van der Waals surface area (Å²) < 4.78 is 1.03. The molecular formula is C16H17BrN2O2. The standard InChI is InChI=1S/C16H17BrN2O2/c1-11(13-7-3-5-9-15(13)17)18-12(2)14-8-4-6-10-16(14)19(20)21/h3-12,18H,1-2H3/t11-,12?/m1/s1. The number of nitrogens with one attached hydrogen (secondary N) is 1. The molecule has 0 bridgehead atoms. The van der Waals surface area contributed by atoms with E-state index in [1.807, 2.05) is 44.2 Å². The summed E-state index contributed by atoms with van der Waals surface area (Å²) in [6.07, 6.45) is 0. The maximum Gasteiger partial charge on any atom is 0.274 e. The Kier molecular flexibility index (Phi) is 5.09. The van der Waals surface area contributed by atoms with E-state index < -0.39 is 0 Å². The molecule has 21 heavy (non-hydrogen) atoms. The molecule has 0 fully saturated rings. The van der Waals surface area contributed by atoms with Crippen molar-refractivity contribution in [3.05, 3.63) is 74.2 Å². The van der Waals surface area contributed by atoms with Crippen molar-refractivity contribution in [1.29, 1.82) is 0 Å². The van der Waals surface area contributed by atoms with E-state index in [0.717, 1.165) is 10.0 Å². The number of nitro benzene ring substituents is 1. The third-order valence-electron chi connectivity index (χ3n) is 3.47. The Balaban J connectivity index is 2.21. The van der Waals surface area contributed by atoms with Crippen molar-refractivity contribution in [3.63, 3.8) is 0 Å². The Morgan fingerprint density at radius 1 is 1.00 bits per heavy atom. The average molecular weight is 349 g/mol. The van der Waals surface area contributed by atoms with Gasteiger partial charge in [0.15, 0.2) is 0 Å². The summed E-state index contributed by atoms with van der Waals surface area (Å²) in [7, 11) is 0. The molecule has 4 nitrogen and oxygen atoms in total. The molecule has 1 N–H and O–H groups in total. The quantitative estimate of drug-likeness (QED) is 0.625. The summed E-state index contributed by atoms with van der Waals surface area (Å²) in [5.41, 5.74) is 1.97. The van der Waals surface area contributed by atoms with Crippen LogP contribution in [-0.4, -0.2) is 4.92 Å². The van der Waals surface area contributed by atoms with Crippen molar-refractivity contribution in [1.82, 2.24) is 5.32 Å². The van der Waals surface area contributed by atoms with Gasteiger partial charge in [-0.3, -0.25) is 10.1 Å². The first kappa shape index (κ1) is 15.7. The van der Waals surface area contributed by atoms with Crippen molar-refractivity contribution >= 4 is 21.6 Å². The number of benzene rings is 2. The molecule has 110 valence electrons. The smallest absolute Gasteiger partial charge is 0.274 e. The summed E-state index contributed by atoms with van der Waals surface area (Å²) in [5.74, 6) is 0. The minimum atomic E-state index is -0.337. The van der Waals surface area contributed by atoms with E-state index in [1.54, 1.807) is 12.1 Å². The van der Waals surface area contributed by atoms with E-state index in [9.17, 15) is 10.1 Å². The molecule has 0 saturated carbocycles. The summed E-state index contributed by atoms with van der Waals surface area (Å²) in [4.78, 5) is 10.8. The SMILES string of the molecule is CC(N[C@H](C)c1ccccc1Br)c1ccccc1[N+](=O)[O-]. The highest BCUT2D eigenvalue weighted by Gasteiger charge is 2.20. The number of para-hydroxylation sites is 1. The first-order valence-electron chi connectivity index (χ1n) is 6.74. The second-order valence-corrected chi connectivity index (χ2v) is 5.80. The predicted molar refractivity (Wildman–Crippen MR) is 87.2 cm³/mol. The molecule has 0 aromatic heterocycles. The number of halogens is 1. The molecular weight excluding hydrogens is 332 g/mol. The molecule has 0 heterocycles. The van der Waals surface area contributed by atoms with E-state index in [1.165, 1.54) is 6.07 Å². The van der Waals surface area contributed by atoms with Crippen LogP contribution in [0, 0.1) is 10.1 Å². The lowest BCUT2D eigenvalue weighted by molar-refractivity contribution is -0.385. The van der Waals surface area contributed by atoms with Crippen LogP contribution < -0.4 is 5.32 Å². The van der Waals surface area contributed by atoms with Crippen LogP contribution in [0.25, 0.3) is 0 Å². The number of nitro groups is 1. The first-order valence-corrected chi connectivity index (χ1v) is 7.53. The molecule has 5 heteroatoms. The van der Waals surface area contributed by atoms with E-state index >= 15 is 0 Å². The average Bonchev–Trinajstić information content (AvgIpc) is 2.47. The fraction of sp³-hybridized carbons (Fsp3) is 0.250. The number of rotatable bonds is 5. The van der Waals surface area contributed by atoms with Crippen LogP contribution in [0.2, 0.25) is 0 Å². The van der Waals surface area contributed by atoms with Gasteiger partial charge >= 0.3 is 0 Å². The highest BCUT2D eigenvalue weighted by molar-refractivity contribution is 9.10. The molecule has 0 amide bonds. The lowest BCUT2D eigenvalue weighted by atomic mass is 10.0. The van der Waals surface area contributed by atoms with E-state index in [0.29, 0.717) is 5.56 Å². The summed E-state index contributed by atoms with van der Waals surface area (Å²) in [6, 6.07) is 14.8. The molecule has 0 aliphatic heterocycles. The van der Waals surface area contributed by atoms with Gasteiger partial charge in [-0.1, -0.05) is 52.3 Å². The van der Waals surface area contributed by atoms with Crippen molar-refractivity contribution < 1.29 is 4.92 Å². The number of hydrogen-bond donors (Lipinski definition) is 1. The molecule has 2 atom stereocenters. The van der Waals surface area contributed by atoms with E-state index in [4.69, 9.17) is 0 Å². The Hall–Kier alpha value is -1.72. The lowest BCUT2D eigenvalue weighted by Gasteiger charge is -2.21. The van der Waals surface area contributed by atoms with Crippen LogP contribution in [0.1, 0.15) is 37.1 Å². The summed E-state index contributed by atoms with van der Waals surface area (Å²) in [5, 5.41) is 14.5. The van der Waals surface area contributed by atoms with Gasteiger partial charge < -0.3 is 5.32 Å². The fourth-order valence-electron chi connectivity index (χ4n) is 2.40. The Labute approximate surface area is 132 Å². The van der Waals surface area contributed by atoms with Crippen LogP contribution in [0.15, 0.2) is 53.0 Å². The minimum Gasteiger partial charge on any atom is -0.303 e. The highest BCUT2D eigenvalue weighted by atomic mass is 79.9. The predicted octanol–water partition coefficient (Wildman–Crippen LogP) is 4.77. The van der Waals surface area contributed by atoms with Crippen LogP contribution in [0.5, 0.6) is 0 Å². The van der Waals surface area contributed by atoms with Gasteiger partial charge in [-0.15, -0.1) is 0 Å². The molecule has 0 aliphatic carbocycles. The van der Waals surface area contributed by atoms with Crippen LogP contribution in [0.4, 0.5) is 5.69 Å². The van der Waals surface area contributed by atoms with Gasteiger partial charge in [-0.05, 0) is 25.5 Å². The van der Waals surface area contributed by atoms with Gasteiger partial charge in [0.05, 0.1) is 4.92 Å². The molecule has 2 rings (SSSR count). The summed E-state index contributed by atoms with van der Waals surface area (Å²) in [6.45, 7) is 3.99. The Bertz CT molecular complexity index is 646. The van der Waals surface area contributed by atoms with Gasteiger partial charge in [0.2, 0.25) is 0 Å². The zero-order chi connectivity index (χ0) is 15.4. The molecule has 0 spiro atoms. The van der Waals surface area contributed by atoms with Gasteiger partial charge in [-0.25, -0.2) is 0 Å². The van der Waals surface area contributed by atoms with Gasteiger partial charge in [-0.2, -0.15) is 0 Å². The topological polar surface area (TPSA) is 55.2 Å². The first-order chi connectivity index (χ1) is 10.0.